The van der Waals surface area contributed by atoms with Crippen LogP contribution in [-0.2, 0) is 16.6 Å². The molecule has 0 aliphatic heterocycles. The Hall–Kier alpha value is -3.11. The van der Waals surface area contributed by atoms with Crippen molar-refractivity contribution in [1.82, 2.24) is 29.9 Å². The number of aromatic nitrogens is 5. The van der Waals surface area contributed by atoms with Crippen LogP contribution in [0.25, 0.3) is 22.4 Å². The molecular formula is C21H24N6O3S. The third-order valence-electron chi connectivity index (χ3n) is 5.06. The number of nitrogens with zero attached hydrogens (tertiary/aromatic N) is 5. The minimum Gasteiger partial charge on any atom is -0.337 e. The smallest absolute Gasteiger partial charge is 0.245 e. The monoisotopic (exact) mass is 440 g/mol. The van der Waals surface area contributed by atoms with Crippen LogP contribution >= 0.6 is 0 Å². The van der Waals surface area contributed by atoms with Gasteiger partial charge < -0.3 is 4.52 Å². The molecule has 0 saturated carbocycles. The lowest BCUT2D eigenvalue weighted by molar-refractivity contribution is 0.311. The first kappa shape index (κ1) is 21.1. The highest BCUT2D eigenvalue weighted by atomic mass is 32.2. The molecule has 0 fully saturated rings. The van der Waals surface area contributed by atoms with Gasteiger partial charge in [0.25, 0.3) is 0 Å². The van der Waals surface area contributed by atoms with E-state index in [4.69, 9.17) is 4.52 Å². The van der Waals surface area contributed by atoms with E-state index in [1.54, 1.807) is 28.9 Å². The molecule has 0 spiro atoms. The van der Waals surface area contributed by atoms with E-state index in [9.17, 15) is 8.42 Å². The lowest BCUT2D eigenvalue weighted by atomic mass is 10.1. The molecule has 162 valence electrons. The molecule has 0 bridgehead atoms. The number of nitrogens with one attached hydrogen (secondary N) is 1. The molecule has 0 aliphatic rings. The summed E-state index contributed by atoms with van der Waals surface area (Å²) in [7, 11) is -3.75. The van der Waals surface area contributed by atoms with Crippen molar-refractivity contribution in [2.24, 2.45) is 5.92 Å². The van der Waals surface area contributed by atoms with Gasteiger partial charge >= 0.3 is 0 Å². The Labute approximate surface area is 180 Å². The molecule has 4 aromatic rings. The Morgan fingerprint density at radius 2 is 1.87 bits per heavy atom. The van der Waals surface area contributed by atoms with Gasteiger partial charge in [-0.15, -0.1) is 5.10 Å². The molecule has 31 heavy (non-hydrogen) atoms. The zero-order valence-corrected chi connectivity index (χ0v) is 18.6. The van der Waals surface area contributed by atoms with Crippen LogP contribution in [-0.4, -0.2) is 33.6 Å². The molecule has 2 heterocycles. The van der Waals surface area contributed by atoms with Crippen LogP contribution in [0.4, 0.5) is 0 Å². The molecule has 4 rings (SSSR count). The van der Waals surface area contributed by atoms with Crippen LogP contribution in [0.5, 0.6) is 0 Å². The number of hydrogen-bond acceptors (Lipinski definition) is 7. The van der Waals surface area contributed by atoms with E-state index in [2.05, 4.69) is 25.2 Å². The van der Waals surface area contributed by atoms with Crippen molar-refractivity contribution >= 4 is 21.1 Å². The van der Waals surface area contributed by atoms with Gasteiger partial charge in [0.2, 0.25) is 21.7 Å². The van der Waals surface area contributed by atoms with E-state index in [-0.39, 0.29) is 16.7 Å². The van der Waals surface area contributed by atoms with E-state index in [0.717, 1.165) is 28.7 Å². The molecule has 2 aromatic heterocycles. The second-order valence-corrected chi connectivity index (χ2v) is 9.43. The molecule has 0 saturated heterocycles. The fourth-order valence-electron chi connectivity index (χ4n) is 3.25. The fraction of sp³-hybridized carbons (Fsp3) is 0.333. The molecule has 0 aliphatic carbocycles. The predicted octanol–water partition coefficient (Wildman–Crippen LogP) is 3.49. The number of sulfonamides is 1. The van der Waals surface area contributed by atoms with Gasteiger partial charge in [0.15, 0.2) is 0 Å². The Bertz CT molecular complexity index is 1310. The minimum atomic E-state index is -3.75. The summed E-state index contributed by atoms with van der Waals surface area (Å²) in [5.41, 5.74) is 3.35. The lowest BCUT2D eigenvalue weighted by Crippen LogP contribution is -2.32. The summed E-state index contributed by atoms with van der Waals surface area (Å²) < 4.78 is 35.7. The maximum atomic E-state index is 12.9. The molecule has 10 heteroatoms. The van der Waals surface area contributed by atoms with Gasteiger partial charge in [0, 0.05) is 12.1 Å². The van der Waals surface area contributed by atoms with E-state index in [0.29, 0.717) is 5.82 Å². The van der Waals surface area contributed by atoms with Crippen LogP contribution in [0.15, 0.2) is 51.9 Å². The van der Waals surface area contributed by atoms with Crippen molar-refractivity contribution in [1.29, 1.82) is 0 Å². The van der Waals surface area contributed by atoms with Crippen LogP contribution in [0.1, 0.15) is 38.3 Å². The van der Waals surface area contributed by atoms with E-state index < -0.39 is 16.1 Å². The van der Waals surface area contributed by atoms with Crippen LogP contribution in [0.2, 0.25) is 0 Å². The number of benzene rings is 2. The van der Waals surface area contributed by atoms with Gasteiger partial charge in [-0.3, -0.25) is 0 Å². The number of aryl methyl sites for hydroxylation is 2. The van der Waals surface area contributed by atoms with Gasteiger partial charge in [-0.25, -0.2) is 13.1 Å². The highest BCUT2D eigenvalue weighted by Crippen LogP contribution is 2.27. The first-order chi connectivity index (χ1) is 14.8. The zero-order valence-electron chi connectivity index (χ0n) is 17.8. The van der Waals surface area contributed by atoms with Crippen molar-refractivity contribution in [3.8, 4) is 11.4 Å². The van der Waals surface area contributed by atoms with E-state index in [1.807, 2.05) is 45.9 Å². The largest absolute Gasteiger partial charge is 0.337 e. The summed E-state index contributed by atoms with van der Waals surface area (Å²) >= 11 is 0. The molecule has 2 aromatic carbocycles. The third-order valence-corrected chi connectivity index (χ3v) is 6.52. The van der Waals surface area contributed by atoms with Gasteiger partial charge in [0.1, 0.15) is 11.6 Å². The minimum absolute atomic E-state index is 0.111. The SMILES string of the molecule is CCn1nnc2cc(-c3noc(C(NS(=O)(=O)c4ccc(C)cc4)C(C)C)n3)ccc21. The second kappa shape index (κ2) is 8.20. The summed E-state index contributed by atoms with van der Waals surface area (Å²) in [4.78, 5) is 4.66. The van der Waals surface area contributed by atoms with Crippen molar-refractivity contribution in [3.05, 3.63) is 53.9 Å². The maximum Gasteiger partial charge on any atom is 0.245 e. The maximum absolute atomic E-state index is 12.9. The Balaban J connectivity index is 1.63. The summed E-state index contributed by atoms with van der Waals surface area (Å²) in [6, 6.07) is 11.6. The average molecular weight is 441 g/mol. The molecule has 1 atom stereocenters. The van der Waals surface area contributed by atoms with E-state index >= 15 is 0 Å². The molecule has 0 radical (unpaired) electrons. The number of rotatable bonds is 7. The summed E-state index contributed by atoms with van der Waals surface area (Å²) in [5.74, 6) is 0.460. The average Bonchev–Trinajstić information content (AvgIpc) is 3.38. The second-order valence-electron chi connectivity index (χ2n) is 7.72. The zero-order chi connectivity index (χ0) is 22.2. The molecule has 9 nitrogen and oxygen atoms in total. The van der Waals surface area contributed by atoms with Gasteiger partial charge in [-0.1, -0.05) is 41.9 Å². The predicted molar refractivity (Wildman–Crippen MR) is 116 cm³/mol. The van der Waals surface area contributed by atoms with Crippen molar-refractivity contribution in [2.45, 2.75) is 45.2 Å². The topological polar surface area (TPSA) is 116 Å². The normalized spacial score (nSPS) is 13.2. The number of fused-ring (bicyclic) bond motifs is 1. The van der Waals surface area contributed by atoms with Crippen molar-refractivity contribution < 1.29 is 12.9 Å². The lowest BCUT2D eigenvalue weighted by Gasteiger charge is -2.18. The van der Waals surface area contributed by atoms with Crippen LogP contribution in [0.3, 0.4) is 0 Å². The van der Waals surface area contributed by atoms with Gasteiger partial charge in [-0.2, -0.15) is 9.71 Å². The van der Waals surface area contributed by atoms with Crippen LogP contribution < -0.4 is 4.72 Å². The van der Waals surface area contributed by atoms with E-state index in [1.165, 1.54) is 0 Å². The first-order valence-electron chi connectivity index (χ1n) is 10.0. The summed E-state index contributed by atoms with van der Waals surface area (Å²) in [6.07, 6.45) is 0. The first-order valence-corrected chi connectivity index (χ1v) is 11.5. The highest BCUT2D eigenvalue weighted by Gasteiger charge is 2.29. The third kappa shape index (κ3) is 4.21. The Morgan fingerprint density at radius 1 is 1.13 bits per heavy atom. The highest BCUT2D eigenvalue weighted by molar-refractivity contribution is 7.89. The molecule has 1 unspecified atom stereocenters. The summed E-state index contributed by atoms with van der Waals surface area (Å²) in [6.45, 7) is 8.40. The van der Waals surface area contributed by atoms with Crippen molar-refractivity contribution in [3.63, 3.8) is 0 Å². The summed E-state index contributed by atoms with van der Waals surface area (Å²) in [5, 5.41) is 12.3. The van der Waals surface area contributed by atoms with Crippen LogP contribution in [0, 0.1) is 12.8 Å². The molecule has 0 amide bonds. The fourth-order valence-corrected chi connectivity index (χ4v) is 4.59. The quantitative estimate of drug-likeness (QED) is 0.468. The Morgan fingerprint density at radius 3 is 2.55 bits per heavy atom. The van der Waals surface area contributed by atoms with Gasteiger partial charge in [-0.05, 0) is 50.1 Å². The standard InChI is InChI=1S/C21H24N6O3S/c1-5-27-18-11-8-15(12-17(18)23-26-27)20-22-21(30-24-20)19(13(2)3)25-31(28,29)16-9-6-14(4)7-10-16/h6-13,19,25H,5H2,1-4H3. The Kier molecular flexibility index (Phi) is 5.59. The number of hydrogen-bond donors (Lipinski definition) is 1. The van der Waals surface area contributed by atoms with Crippen molar-refractivity contribution in [2.75, 3.05) is 0 Å². The molecule has 1 N–H and O–H groups in total. The molecular weight excluding hydrogens is 416 g/mol. The van der Waals surface area contributed by atoms with Gasteiger partial charge in [0.05, 0.1) is 10.4 Å².